The zero-order valence-electron chi connectivity index (χ0n) is 10.4. The van der Waals surface area contributed by atoms with Gasteiger partial charge >= 0.3 is 0 Å². The smallest absolute Gasteiger partial charge is 0.134 e. The molecule has 1 atom stereocenters. The Hall–Kier alpha value is -1.54. The summed E-state index contributed by atoms with van der Waals surface area (Å²) in [6, 6.07) is 12.5. The van der Waals surface area contributed by atoms with Crippen LogP contribution in [0.4, 0.5) is 0 Å². The average molecular weight is 229 g/mol. The number of furan rings is 1. The molecule has 2 aromatic rings. The minimum atomic E-state index is 0.218. The molecule has 2 rings (SSSR count). The van der Waals surface area contributed by atoms with Crippen LogP contribution in [0.1, 0.15) is 24.7 Å². The van der Waals surface area contributed by atoms with Crippen molar-refractivity contribution in [2.45, 2.75) is 32.7 Å². The third-order valence-corrected chi connectivity index (χ3v) is 3.09. The Morgan fingerprint density at radius 2 is 1.94 bits per heavy atom. The molecule has 2 nitrogen and oxygen atoms in total. The van der Waals surface area contributed by atoms with Gasteiger partial charge in [-0.15, -0.1) is 0 Å². The number of aryl methyl sites for hydroxylation is 1. The van der Waals surface area contributed by atoms with Crippen LogP contribution in [0.5, 0.6) is 0 Å². The van der Waals surface area contributed by atoms with Crippen LogP contribution in [0.15, 0.2) is 40.8 Å². The second-order valence-corrected chi connectivity index (χ2v) is 4.43. The maximum Gasteiger partial charge on any atom is 0.134 e. The molecule has 17 heavy (non-hydrogen) atoms. The van der Waals surface area contributed by atoms with Gasteiger partial charge in [-0.2, -0.15) is 0 Å². The Bertz CT molecular complexity index is 473. The largest absolute Gasteiger partial charge is 0.461 e. The van der Waals surface area contributed by atoms with E-state index in [0.717, 1.165) is 29.9 Å². The highest BCUT2D eigenvalue weighted by Gasteiger charge is 2.11. The zero-order chi connectivity index (χ0) is 12.3. The van der Waals surface area contributed by atoms with Gasteiger partial charge in [0.05, 0.1) is 0 Å². The fourth-order valence-corrected chi connectivity index (χ4v) is 1.89. The van der Waals surface area contributed by atoms with Gasteiger partial charge in [0.25, 0.3) is 0 Å². The quantitative estimate of drug-likeness (QED) is 0.871. The van der Waals surface area contributed by atoms with Crippen LogP contribution in [0.3, 0.4) is 0 Å². The SMILES string of the molecule is CCC(N)Cc1cc(-c2ccccc2)oc1C. The van der Waals surface area contributed by atoms with E-state index in [1.165, 1.54) is 5.56 Å². The summed E-state index contributed by atoms with van der Waals surface area (Å²) < 4.78 is 5.79. The Labute approximate surface area is 102 Å². The summed E-state index contributed by atoms with van der Waals surface area (Å²) in [5.41, 5.74) is 8.32. The van der Waals surface area contributed by atoms with Gasteiger partial charge in [-0.1, -0.05) is 37.3 Å². The molecule has 2 N–H and O–H groups in total. The summed E-state index contributed by atoms with van der Waals surface area (Å²) >= 11 is 0. The second kappa shape index (κ2) is 5.19. The Morgan fingerprint density at radius 1 is 1.24 bits per heavy atom. The highest BCUT2D eigenvalue weighted by molar-refractivity contribution is 5.58. The molecule has 1 heterocycles. The molecule has 1 unspecified atom stereocenters. The predicted octanol–water partition coefficient (Wildman–Crippen LogP) is 3.53. The first-order valence-corrected chi connectivity index (χ1v) is 6.11. The molecule has 0 fully saturated rings. The van der Waals surface area contributed by atoms with Crippen molar-refractivity contribution in [3.63, 3.8) is 0 Å². The van der Waals surface area contributed by atoms with E-state index in [2.05, 4.69) is 25.1 Å². The van der Waals surface area contributed by atoms with Gasteiger partial charge in [0.15, 0.2) is 0 Å². The number of hydrogen-bond donors (Lipinski definition) is 1. The molecule has 1 aromatic heterocycles. The van der Waals surface area contributed by atoms with Gasteiger partial charge in [-0.25, -0.2) is 0 Å². The Balaban J connectivity index is 2.25. The van der Waals surface area contributed by atoms with Gasteiger partial charge in [0, 0.05) is 11.6 Å². The summed E-state index contributed by atoms with van der Waals surface area (Å²) in [6.07, 6.45) is 1.88. The van der Waals surface area contributed by atoms with Gasteiger partial charge in [0.2, 0.25) is 0 Å². The van der Waals surface area contributed by atoms with Crippen LogP contribution < -0.4 is 5.73 Å². The van der Waals surface area contributed by atoms with Crippen LogP contribution in [-0.2, 0) is 6.42 Å². The molecule has 0 aliphatic rings. The first kappa shape index (κ1) is 11.9. The molecule has 0 spiro atoms. The minimum absolute atomic E-state index is 0.218. The molecule has 0 radical (unpaired) electrons. The van der Waals surface area contributed by atoms with Crippen molar-refractivity contribution in [2.24, 2.45) is 5.73 Å². The first-order chi connectivity index (χ1) is 8.20. The lowest BCUT2D eigenvalue weighted by Gasteiger charge is -2.06. The third kappa shape index (κ3) is 2.77. The van der Waals surface area contributed by atoms with E-state index in [9.17, 15) is 0 Å². The topological polar surface area (TPSA) is 39.2 Å². The van der Waals surface area contributed by atoms with Gasteiger partial charge in [0.1, 0.15) is 11.5 Å². The monoisotopic (exact) mass is 229 g/mol. The highest BCUT2D eigenvalue weighted by atomic mass is 16.3. The molecule has 0 aliphatic heterocycles. The normalized spacial score (nSPS) is 12.6. The molecule has 2 heteroatoms. The van der Waals surface area contributed by atoms with E-state index >= 15 is 0 Å². The van der Waals surface area contributed by atoms with Crippen molar-refractivity contribution in [3.8, 4) is 11.3 Å². The number of benzene rings is 1. The molecule has 0 saturated carbocycles. The second-order valence-electron chi connectivity index (χ2n) is 4.43. The lowest BCUT2D eigenvalue weighted by molar-refractivity contribution is 0.537. The van der Waals surface area contributed by atoms with Crippen LogP contribution in [0, 0.1) is 6.92 Å². The van der Waals surface area contributed by atoms with Crippen LogP contribution in [0.2, 0.25) is 0 Å². The summed E-state index contributed by atoms with van der Waals surface area (Å²) in [5.74, 6) is 1.91. The fourth-order valence-electron chi connectivity index (χ4n) is 1.89. The van der Waals surface area contributed by atoms with Crippen molar-refractivity contribution < 1.29 is 4.42 Å². The van der Waals surface area contributed by atoms with Crippen molar-refractivity contribution in [3.05, 3.63) is 47.7 Å². The van der Waals surface area contributed by atoms with Crippen molar-refractivity contribution >= 4 is 0 Å². The van der Waals surface area contributed by atoms with E-state index in [1.807, 2.05) is 25.1 Å². The summed E-state index contributed by atoms with van der Waals surface area (Å²) in [6.45, 7) is 4.11. The van der Waals surface area contributed by atoms with Crippen molar-refractivity contribution in [1.82, 2.24) is 0 Å². The van der Waals surface area contributed by atoms with Gasteiger partial charge in [-0.05, 0) is 31.4 Å². The minimum Gasteiger partial charge on any atom is -0.461 e. The molecular weight excluding hydrogens is 210 g/mol. The van der Waals surface area contributed by atoms with E-state index in [1.54, 1.807) is 0 Å². The molecule has 0 bridgehead atoms. The average Bonchev–Trinajstić information content (AvgIpc) is 2.72. The molecule has 0 saturated heterocycles. The lowest BCUT2D eigenvalue weighted by atomic mass is 10.0. The molecule has 1 aromatic carbocycles. The molecule has 90 valence electrons. The predicted molar refractivity (Wildman–Crippen MR) is 70.9 cm³/mol. The summed E-state index contributed by atoms with van der Waals surface area (Å²) in [7, 11) is 0. The molecule has 0 aliphatic carbocycles. The van der Waals surface area contributed by atoms with Crippen molar-refractivity contribution in [1.29, 1.82) is 0 Å². The number of hydrogen-bond acceptors (Lipinski definition) is 2. The van der Waals surface area contributed by atoms with Crippen LogP contribution in [0.25, 0.3) is 11.3 Å². The van der Waals surface area contributed by atoms with E-state index in [-0.39, 0.29) is 6.04 Å². The van der Waals surface area contributed by atoms with Crippen LogP contribution in [-0.4, -0.2) is 6.04 Å². The van der Waals surface area contributed by atoms with E-state index < -0.39 is 0 Å². The highest BCUT2D eigenvalue weighted by Crippen LogP contribution is 2.25. The fraction of sp³-hybridized carbons (Fsp3) is 0.333. The molecular formula is C15H19NO. The Kier molecular flexibility index (Phi) is 3.64. The van der Waals surface area contributed by atoms with E-state index in [4.69, 9.17) is 10.2 Å². The Morgan fingerprint density at radius 3 is 2.59 bits per heavy atom. The summed E-state index contributed by atoms with van der Waals surface area (Å²) in [5, 5.41) is 0. The standard InChI is InChI=1S/C15H19NO/c1-3-14(16)9-13-10-15(17-11(13)2)12-7-5-4-6-8-12/h4-8,10,14H,3,9,16H2,1-2H3. The maximum atomic E-state index is 5.98. The van der Waals surface area contributed by atoms with Gasteiger partial charge in [-0.3, -0.25) is 0 Å². The maximum absolute atomic E-state index is 5.98. The number of nitrogens with two attached hydrogens (primary N) is 1. The van der Waals surface area contributed by atoms with Crippen molar-refractivity contribution in [2.75, 3.05) is 0 Å². The first-order valence-electron chi connectivity index (χ1n) is 6.11. The lowest BCUT2D eigenvalue weighted by Crippen LogP contribution is -2.21. The zero-order valence-corrected chi connectivity index (χ0v) is 10.4. The summed E-state index contributed by atoms with van der Waals surface area (Å²) in [4.78, 5) is 0. The van der Waals surface area contributed by atoms with Gasteiger partial charge < -0.3 is 10.2 Å². The number of rotatable bonds is 4. The van der Waals surface area contributed by atoms with Crippen LogP contribution >= 0.6 is 0 Å². The molecule has 0 amide bonds. The third-order valence-electron chi connectivity index (χ3n) is 3.09. The van der Waals surface area contributed by atoms with E-state index in [0.29, 0.717) is 0 Å².